The molecular formula is C21H27N5O. The average molecular weight is 365 g/mol. The summed E-state index contributed by atoms with van der Waals surface area (Å²) >= 11 is 0. The SMILES string of the molecule is Cc1c(C#N)cnc(C(=O)NC2CCC3NNC(/C=C/C4CC4)C3C2)c1C. The molecule has 2 aliphatic carbocycles. The highest BCUT2D eigenvalue weighted by atomic mass is 16.1. The van der Waals surface area contributed by atoms with Crippen LogP contribution in [-0.4, -0.2) is 29.0 Å². The highest BCUT2D eigenvalue weighted by Crippen LogP contribution is 2.34. The lowest BCUT2D eigenvalue weighted by Crippen LogP contribution is -2.45. The lowest BCUT2D eigenvalue weighted by atomic mass is 9.79. The molecule has 0 spiro atoms. The Morgan fingerprint density at radius 1 is 1.22 bits per heavy atom. The second-order valence-electron chi connectivity index (χ2n) is 8.17. The van der Waals surface area contributed by atoms with E-state index < -0.39 is 0 Å². The number of amides is 1. The minimum Gasteiger partial charge on any atom is -0.348 e. The van der Waals surface area contributed by atoms with Crippen LogP contribution in [0.3, 0.4) is 0 Å². The van der Waals surface area contributed by atoms with Gasteiger partial charge in [-0.15, -0.1) is 0 Å². The highest BCUT2D eigenvalue weighted by molar-refractivity contribution is 5.94. The quantitative estimate of drug-likeness (QED) is 0.712. The van der Waals surface area contributed by atoms with Gasteiger partial charge in [0, 0.05) is 24.3 Å². The Morgan fingerprint density at radius 3 is 2.78 bits per heavy atom. The van der Waals surface area contributed by atoms with Gasteiger partial charge in [0.05, 0.1) is 5.56 Å². The Morgan fingerprint density at radius 2 is 2.04 bits per heavy atom. The fourth-order valence-corrected chi connectivity index (χ4v) is 4.28. The van der Waals surface area contributed by atoms with Gasteiger partial charge in [-0.25, -0.2) is 4.98 Å². The molecule has 4 unspecified atom stereocenters. The molecule has 142 valence electrons. The molecule has 1 aliphatic heterocycles. The van der Waals surface area contributed by atoms with Gasteiger partial charge in [0.2, 0.25) is 0 Å². The summed E-state index contributed by atoms with van der Waals surface area (Å²) in [6.07, 6.45) is 11.8. The molecule has 4 rings (SSSR count). The van der Waals surface area contributed by atoms with Crippen LogP contribution in [-0.2, 0) is 0 Å². The van der Waals surface area contributed by atoms with Crippen molar-refractivity contribution in [3.63, 3.8) is 0 Å². The van der Waals surface area contributed by atoms with Crippen molar-refractivity contribution in [2.45, 2.75) is 64.1 Å². The topological polar surface area (TPSA) is 89.8 Å². The summed E-state index contributed by atoms with van der Waals surface area (Å²) in [6.45, 7) is 3.72. The van der Waals surface area contributed by atoms with E-state index in [-0.39, 0.29) is 11.9 Å². The molecular weight excluding hydrogens is 338 g/mol. The molecule has 0 aromatic carbocycles. The van der Waals surface area contributed by atoms with Crippen molar-refractivity contribution in [3.05, 3.63) is 40.7 Å². The first-order valence-corrected chi connectivity index (χ1v) is 9.93. The summed E-state index contributed by atoms with van der Waals surface area (Å²) < 4.78 is 0. The van der Waals surface area contributed by atoms with E-state index in [9.17, 15) is 4.79 Å². The van der Waals surface area contributed by atoms with Gasteiger partial charge in [0.25, 0.3) is 5.91 Å². The van der Waals surface area contributed by atoms with E-state index in [1.807, 2.05) is 13.8 Å². The number of hydrogen-bond donors (Lipinski definition) is 3. The fourth-order valence-electron chi connectivity index (χ4n) is 4.28. The molecule has 3 N–H and O–H groups in total. The van der Waals surface area contributed by atoms with Gasteiger partial charge in [-0.3, -0.25) is 15.6 Å². The molecule has 4 atom stereocenters. The highest BCUT2D eigenvalue weighted by Gasteiger charge is 2.40. The number of hydrogen-bond acceptors (Lipinski definition) is 5. The Hall–Kier alpha value is -2.23. The van der Waals surface area contributed by atoms with Crippen LogP contribution in [0.5, 0.6) is 0 Å². The Balaban J connectivity index is 1.42. The number of hydrazine groups is 1. The predicted molar refractivity (Wildman–Crippen MR) is 103 cm³/mol. The smallest absolute Gasteiger partial charge is 0.270 e. The predicted octanol–water partition coefficient (Wildman–Crippen LogP) is 2.28. The van der Waals surface area contributed by atoms with Gasteiger partial charge in [-0.05, 0) is 68.9 Å². The van der Waals surface area contributed by atoms with E-state index in [0.29, 0.717) is 29.3 Å². The summed E-state index contributed by atoms with van der Waals surface area (Å²) in [4.78, 5) is 17.0. The first kappa shape index (κ1) is 18.1. The summed E-state index contributed by atoms with van der Waals surface area (Å²) in [5, 5.41) is 12.3. The molecule has 2 heterocycles. The van der Waals surface area contributed by atoms with Crippen LogP contribution in [0, 0.1) is 37.0 Å². The average Bonchev–Trinajstić information content (AvgIpc) is 3.41. The summed E-state index contributed by atoms with van der Waals surface area (Å²) in [5.74, 6) is 1.14. The van der Waals surface area contributed by atoms with E-state index >= 15 is 0 Å². The third-order valence-electron chi connectivity index (χ3n) is 6.32. The standard InChI is InChI=1S/C21H27N5O/c1-12-13(2)20(23-11-15(12)10-22)21(27)24-16-6-8-19-17(9-16)18(25-26-19)7-5-14-3-4-14/h5,7,11,14,16-19,25-26H,3-4,6,8-9H2,1-2H3,(H,24,27)/b7-5+. The van der Waals surface area contributed by atoms with Gasteiger partial charge in [0.15, 0.2) is 0 Å². The van der Waals surface area contributed by atoms with Crippen LogP contribution in [0.25, 0.3) is 0 Å². The maximum Gasteiger partial charge on any atom is 0.270 e. The molecule has 6 nitrogen and oxygen atoms in total. The Bertz CT molecular complexity index is 808. The van der Waals surface area contributed by atoms with Gasteiger partial charge >= 0.3 is 0 Å². The van der Waals surface area contributed by atoms with E-state index in [4.69, 9.17) is 5.26 Å². The van der Waals surface area contributed by atoms with Crippen molar-refractivity contribution in [2.24, 2.45) is 11.8 Å². The van der Waals surface area contributed by atoms with Gasteiger partial charge in [-0.2, -0.15) is 5.26 Å². The second-order valence-corrected chi connectivity index (χ2v) is 8.17. The first-order chi connectivity index (χ1) is 13.1. The largest absolute Gasteiger partial charge is 0.348 e. The number of carbonyl (C=O) groups is 1. The number of pyridine rings is 1. The normalized spacial score (nSPS) is 30.1. The second kappa shape index (κ2) is 7.41. The Kier molecular flexibility index (Phi) is 4.98. The minimum atomic E-state index is -0.132. The van der Waals surface area contributed by atoms with Crippen LogP contribution in [0.4, 0.5) is 0 Å². The third kappa shape index (κ3) is 3.76. The molecule has 0 radical (unpaired) electrons. The number of fused-ring (bicyclic) bond motifs is 1. The van der Waals surface area contributed by atoms with Gasteiger partial charge in [-0.1, -0.05) is 12.2 Å². The summed E-state index contributed by atoms with van der Waals surface area (Å²) in [7, 11) is 0. The molecule has 6 heteroatoms. The molecule has 3 aliphatic rings. The molecule has 1 saturated heterocycles. The van der Waals surface area contributed by atoms with E-state index in [2.05, 4.69) is 39.4 Å². The number of nitrogens with zero attached hydrogens (tertiary/aromatic N) is 2. The summed E-state index contributed by atoms with van der Waals surface area (Å²) in [5.41, 5.74) is 9.43. The van der Waals surface area contributed by atoms with Crippen molar-refractivity contribution >= 4 is 5.91 Å². The summed E-state index contributed by atoms with van der Waals surface area (Å²) in [6, 6.07) is 3.10. The first-order valence-electron chi connectivity index (χ1n) is 9.93. The molecule has 2 saturated carbocycles. The van der Waals surface area contributed by atoms with E-state index in [0.717, 1.165) is 36.3 Å². The molecule has 3 fully saturated rings. The van der Waals surface area contributed by atoms with Gasteiger partial charge in [0.1, 0.15) is 11.8 Å². The monoisotopic (exact) mass is 365 g/mol. The van der Waals surface area contributed by atoms with Crippen LogP contribution in [0.1, 0.15) is 59.3 Å². The van der Waals surface area contributed by atoms with Crippen molar-refractivity contribution in [1.82, 2.24) is 21.2 Å². The van der Waals surface area contributed by atoms with Crippen LogP contribution >= 0.6 is 0 Å². The number of aromatic nitrogens is 1. The lowest BCUT2D eigenvalue weighted by Gasteiger charge is -2.33. The molecule has 1 aromatic heterocycles. The van der Waals surface area contributed by atoms with Crippen LogP contribution < -0.4 is 16.2 Å². The number of nitriles is 1. The zero-order valence-corrected chi connectivity index (χ0v) is 16.0. The number of allylic oxidation sites excluding steroid dienone is 1. The van der Waals surface area contributed by atoms with E-state index in [1.165, 1.54) is 19.0 Å². The molecule has 1 amide bonds. The maximum atomic E-state index is 12.8. The fraction of sp³-hybridized carbons (Fsp3) is 0.571. The minimum absolute atomic E-state index is 0.132. The van der Waals surface area contributed by atoms with Crippen molar-refractivity contribution < 1.29 is 4.79 Å². The van der Waals surface area contributed by atoms with Crippen LogP contribution in [0.15, 0.2) is 18.3 Å². The lowest BCUT2D eigenvalue weighted by molar-refractivity contribution is 0.0910. The van der Waals surface area contributed by atoms with Gasteiger partial charge < -0.3 is 5.32 Å². The number of carbonyl (C=O) groups excluding carboxylic acids is 1. The molecule has 0 bridgehead atoms. The number of rotatable bonds is 4. The zero-order chi connectivity index (χ0) is 19.0. The zero-order valence-electron chi connectivity index (χ0n) is 16.0. The molecule has 1 aromatic rings. The van der Waals surface area contributed by atoms with Crippen molar-refractivity contribution in [2.75, 3.05) is 0 Å². The van der Waals surface area contributed by atoms with E-state index in [1.54, 1.807) is 0 Å². The maximum absolute atomic E-state index is 12.8. The van der Waals surface area contributed by atoms with Crippen molar-refractivity contribution in [3.8, 4) is 6.07 Å². The van der Waals surface area contributed by atoms with Crippen LogP contribution in [0.2, 0.25) is 0 Å². The number of nitrogens with one attached hydrogen (secondary N) is 3. The molecule has 27 heavy (non-hydrogen) atoms. The van der Waals surface area contributed by atoms with Crippen molar-refractivity contribution in [1.29, 1.82) is 5.26 Å². The third-order valence-corrected chi connectivity index (χ3v) is 6.32. The Labute approximate surface area is 160 Å².